The molecule has 0 bridgehead atoms. The lowest BCUT2D eigenvalue weighted by atomic mass is 9.99. The van der Waals surface area contributed by atoms with E-state index in [9.17, 15) is 9.59 Å². The first-order valence-electron chi connectivity index (χ1n) is 6.23. The van der Waals surface area contributed by atoms with Gasteiger partial charge >= 0.3 is 12.0 Å². The summed E-state index contributed by atoms with van der Waals surface area (Å²) in [5.74, 6) is -1.27. The van der Waals surface area contributed by atoms with Crippen LogP contribution >= 0.6 is 11.3 Å². The summed E-state index contributed by atoms with van der Waals surface area (Å²) in [6.07, 6.45) is 1.38. The number of nitrogens with one attached hydrogen (secondary N) is 1. The summed E-state index contributed by atoms with van der Waals surface area (Å²) < 4.78 is 0. The number of hydrogen-bond acceptors (Lipinski definition) is 4. The van der Waals surface area contributed by atoms with E-state index in [1.54, 1.807) is 16.2 Å². The number of hydrogen-bond donors (Lipinski definition) is 2. The maximum absolute atomic E-state index is 11.9. The average molecular weight is 283 g/mol. The zero-order valence-corrected chi connectivity index (χ0v) is 11.6. The number of nitrogens with zero attached hydrogens (tertiary/aromatic N) is 2. The Hall–Kier alpha value is -1.63. The molecule has 19 heavy (non-hydrogen) atoms. The van der Waals surface area contributed by atoms with Crippen LogP contribution in [0.1, 0.15) is 23.5 Å². The van der Waals surface area contributed by atoms with E-state index in [0.717, 1.165) is 17.1 Å². The number of carbonyl (C=O) groups excluding carboxylic acids is 1. The van der Waals surface area contributed by atoms with Crippen molar-refractivity contribution in [1.82, 2.24) is 15.2 Å². The van der Waals surface area contributed by atoms with Gasteiger partial charge in [-0.3, -0.25) is 4.79 Å². The number of aryl methyl sites for hydroxylation is 1. The van der Waals surface area contributed by atoms with Gasteiger partial charge in [-0.05, 0) is 19.8 Å². The van der Waals surface area contributed by atoms with E-state index in [4.69, 9.17) is 5.11 Å². The van der Waals surface area contributed by atoms with Crippen LogP contribution < -0.4 is 5.32 Å². The Bertz CT molecular complexity index is 475. The fraction of sp³-hybridized carbons (Fsp3) is 0.583. The second-order valence-electron chi connectivity index (χ2n) is 4.64. The number of carboxylic acid groups (broad SMARTS) is 1. The first-order chi connectivity index (χ1) is 9.06. The molecule has 2 amide bonds. The molecule has 2 N–H and O–H groups in total. The number of carbonyl (C=O) groups is 2. The van der Waals surface area contributed by atoms with Crippen LogP contribution in [-0.4, -0.2) is 40.1 Å². The predicted octanol–water partition coefficient (Wildman–Crippen LogP) is 1.46. The zero-order chi connectivity index (χ0) is 13.8. The molecule has 0 saturated carbocycles. The molecule has 2 rings (SSSR count). The largest absolute Gasteiger partial charge is 0.481 e. The number of carboxylic acids is 1. The van der Waals surface area contributed by atoms with E-state index >= 15 is 0 Å². The van der Waals surface area contributed by atoms with Gasteiger partial charge in [0.05, 0.1) is 23.2 Å². The molecule has 0 aromatic carbocycles. The Labute approximate surface area is 115 Å². The van der Waals surface area contributed by atoms with Gasteiger partial charge in [-0.25, -0.2) is 9.78 Å². The molecule has 1 fully saturated rings. The lowest BCUT2D eigenvalue weighted by Gasteiger charge is -2.30. The lowest BCUT2D eigenvalue weighted by Crippen LogP contribution is -2.46. The summed E-state index contributed by atoms with van der Waals surface area (Å²) in [6.45, 7) is 3.21. The molecule has 1 aromatic rings. The van der Waals surface area contributed by atoms with Crippen molar-refractivity contribution in [2.24, 2.45) is 5.92 Å². The van der Waals surface area contributed by atoms with Crippen LogP contribution in [0, 0.1) is 12.8 Å². The minimum atomic E-state index is -0.826. The minimum Gasteiger partial charge on any atom is -0.481 e. The highest BCUT2D eigenvalue weighted by Crippen LogP contribution is 2.16. The van der Waals surface area contributed by atoms with Gasteiger partial charge in [-0.15, -0.1) is 11.3 Å². The lowest BCUT2D eigenvalue weighted by molar-refractivity contribution is -0.143. The van der Waals surface area contributed by atoms with E-state index < -0.39 is 11.9 Å². The van der Waals surface area contributed by atoms with Gasteiger partial charge in [0.2, 0.25) is 0 Å². The standard InChI is InChI=1S/C12H17N3O3S/c1-8-14-10(7-19-8)5-13-12(18)15-4-2-3-9(6-15)11(16)17/h7,9H,2-6H2,1H3,(H,13,18)(H,16,17). The van der Waals surface area contributed by atoms with Gasteiger partial charge in [0, 0.05) is 18.5 Å². The van der Waals surface area contributed by atoms with Crippen LogP contribution in [0.4, 0.5) is 4.79 Å². The Morgan fingerprint density at radius 1 is 1.63 bits per heavy atom. The van der Waals surface area contributed by atoms with Crippen molar-refractivity contribution in [2.75, 3.05) is 13.1 Å². The van der Waals surface area contributed by atoms with Crippen LogP contribution in [-0.2, 0) is 11.3 Å². The number of amides is 2. The first-order valence-corrected chi connectivity index (χ1v) is 7.11. The average Bonchev–Trinajstić information content (AvgIpc) is 2.82. The molecular formula is C12H17N3O3S. The molecule has 0 spiro atoms. The SMILES string of the molecule is Cc1nc(CNC(=O)N2CCCC(C(=O)O)C2)cs1. The third kappa shape index (κ3) is 3.66. The van der Waals surface area contributed by atoms with Gasteiger partial charge in [-0.2, -0.15) is 0 Å². The third-order valence-electron chi connectivity index (χ3n) is 3.15. The molecule has 1 unspecified atom stereocenters. The van der Waals surface area contributed by atoms with Crippen molar-refractivity contribution in [3.05, 3.63) is 16.1 Å². The fourth-order valence-corrected chi connectivity index (χ4v) is 2.74. The van der Waals surface area contributed by atoms with E-state index in [-0.39, 0.29) is 12.6 Å². The molecule has 2 heterocycles. The van der Waals surface area contributed by atoms with E-state index in [2.05, 4.69) is 10.3 Å². The minimum absolute atomic E-state index is 0.211. The quantitative estimate of drug-likeness (QED) is 0.879. The van der Waals surface area contributed by atoms with E-state index in [0.29, 0.717) is 19.5 Å². The van der Waals surface area contributed by atoms with Gasteiger partial charge < -0.3 is 15.3 Å². The summed E-state index contributed by atoms with van der Waals surface area (Å²) in [6, 6.07) is -0.211. The smallest absolute Gasteiger partial charge is 0.317 e. The highest BCUT2D eigenvalue weighted by molar-refractivity contribution is 7.09. The Kier molecular flexibility index (Phi) is 4.36. The number of rotatable bonds is 3. The monoisotopic (exact) mass is 283 g/mol. The Balaban J connectivity index is 1.84. The van der Waals surface area contributed by atoms with Crippen LogP contribution in [0.5, 0.6) is 0 Å². The summed E-state index contributed by atoms with van der Waals surface area (Å²) in [5, 5.41) is 14.6. The summed E-state index contributed by atoms with van der Waals surface area (Å²) >= 11 is 1.54. The number of aromatic nitrogens is 1. The van der Waals surface area contributed by atoms with Crippen molar-refractivity contribution in [2.45, 2.75) is 26.3 Å². The van der Waals surface area contributed by atoms with Crippen LogP contribution in [0.2, 0.25) is 0 Å². The second kappa shape index (κ2) is 6.01. The molecule has 1 atom stereocenters. The normalized spacial score (nSPS) is 19.2. The number of likely N-dealkylation sites (tertiary alicyclic amines) is 1. The first kappa shape index (κ1) is 13.8. The molecule has 0 aliphatic carbocycles. The molecule has 0 radical (unpaired) electrons. The van der Waals surface area contributed by atoms with Gasteiger partial charge in [-0.1, -0.05) is 0 Å². The zero-order valence-electron chi connectivity index (χ0n) is 10.8. The van der Waals surface area contributed by atoms with Crippen molar-refractivity contribution >= 4 is 23.3 Å². The maximum Gasteiger partial charge on any atom is 0.317 e. The molecule has 7 heteroatoms. The Morgan fingerprint density at radius 2 is 2.42 bits per heavy atom. The number of thiazole rings is 1. The van der Waals surface area contributed by atoms with Crippen molar-refractivity contribution in [1.29, 1.82) is 0 Å². The summed E-state index contributed by atoms with van der Waals surface area (Å²) in [4.78, 5) is 28.7. The van der Waals surface area contributed by atoms with E-state index in [1.807, 2.05) is 12.3 Å². The molecule has 1 aliphatic rings. The van der Waals surface area contributed by atoms with Crippen molar-refractivity contribution in [3.63, 3.8) is 0 Å². The molecule has 1 aliphatic heterocycles. The number of urea groups is 1. The van der Waals surface area contributed by atoms with Gasteiger partial charge in [0.1, 0.15) is 0 Å². The van der Waals surface area contributed by atoms with Crippen molar-refractivity contribution < 1.29 is 14.7 Å². The molecule has 1 saturated heterocycles. The van der Waals surface area contributed by atoms with Crippen LogP contribution in [0.3, 0.4) is 0 Å². The Morgan fingerprint density at radius 3 is 3.05 bits per heavy atom. The van der Waals surface area contributed by atoms with Crippen molar-refractivity contribution in [3.8, 4) is 0 Å². The number of piperidine rings is 1. The molecule has 6 nitrogen and oxygen atoms in total. The molecule has 104 valence electrons. The van der Waals surface area contributed by atoms with Crippen LogP contribution in [0.15, 0.2) is 5.38 Å². The highest BCUT2D eigenvalue weighted by Gasteiger charge is 2.27. The molecule has 1 aromatic heterocycles. The maximum atomic E-state index is 11.9. The predicted molar refractivity (Wildman–Crippen MR) is 71.0 cm³/mol. The third-order valence-corrected chi connectivity index (χ3v) is 3.97. The van der Waals surface area contributed by atoms with Crippen LogP contribution in [0.25, 0.3) is 0 Å². The molecular weight excluding hydrogens is 266 g/mol. The van der Waals surface area contributed by atoms with Gasteiger partial charge in [0.15, 0.2) is 0 Å². The topological polar surface area (TPSA) is 82.5 Å². The number of aliphatic carboxylic acids is 1. The second-order valence-corrected chi connectivity index (χ2v) is 5.70. The van der Waals surface area contributed by atoms with Gasteiger partial charge in [0.25, 0.3) is 0 Å². The summed E-state index contributed by atoms with van der Waals surface area (Å²) in [7, 11) is 0. The van der Waals surface area contributed by atoms with E-state index in [1.165, 1.54) is 0 Å². The fourth-order valence-electron chi connectivity index (χ4n) is 2.13. The highest BCUT2D eigenvalue weighted by atomic mass is 32.1. The summed E-state index contributed by atoms with van der Waals surface area (Å²) in [5.41, 5.74) is 0.836.